The molecule has 6 nitrogen and oxygen atoms in total. The van der Waals surface area contributed by atoms with Crippen LogP contribution in [0, 0.1) is 0 Å². The number of nitrogens with zero attached hydrogens (tertiary/aromatic N) is 2. The first-order chi connectivity index (χ1) is 15.5. The van der Waals surface area contributed by atoms with E-state index in [0.717, 1.165) is 44.3 Å². The summed E-state index contributed by atoms with van der Waals surface area (Å²) in [5.41, 5.74) is 4.80. The number of amides is 3. The number of carbonyl (C=O) groups is 3. The minimum absolute atomic E-state index is 0.165. The molecule has 0 saturated heterocycles. The van der Waals surface area contributed by atoms with Crippen molar-refractivity contribution in [2.45, 2.75) is 52.1 Å². The van der Waals surface area contributed by atoms with E-state index in [9.17, 15) is 14.4 Å². The number of imide groups is 1. The third-order valence-corrected chi connectivity index (χ3v) is 6.52. The van der Waals surface area contributed by atoms with E-state index < -0.39 is 0 Å². The third-order valence-electron chi connectivity index (χ3n) is 6.52. The van der Waals surface area contributed by atoms with Crippen molar-refractivity contribution in [3.63, 3.8) is 0 Å². The van der Waals surface area contributed by atoms with E-state index in [1.54, 1.807) is 31.3 Å². The summed E-state index contributed by atoms with van der Waals surface area (Å²) in [7, 11) is 1.58. The molecule has 6 heteroatoms. The summed E-state index contributed by atoms with van der Waals surface area (Å²) in [6.07, 6.45) is 4.12. The van der Waals surface area contributed by atoms with Crippen LogP contribution in [0.3, 0.4) is 0 Å². The van der Waals surface area contributed by atoms with Gasteiger partial charge in [0.2, 0.25) is 0 Å². The lowest BCUT2D eigenvalue weighted by Gasteiger charge is -2.27. The van der Waals surface area contributed by atoms with Crippen LogP contribution in [0.25, 0.3) is 0 Å². The molecule has 2 aliphatic rings. The van der Waals surface area contributed by atoms with Crippen LogP contribution in [-0.4, -0.2) is 53.7 Å². The molecule has 0 unspecified atom stereocenters. The van der Waals surface area contributed by atoms with Crippen molar-refractivity contribution < 1.29 is 14.4 Å². The molecule has 0 radical (unpaired) electrons. The highest BCUT2D eigenvalue weighted by atomic mass is 16.2. The molecule has 0 bridgehead atoms. The highest BCUT2D eigenvalue weighted by molar-refractivity contribution is 6.21. The molecule has 2 aromatic rings. The molecule has 0 saturated carbocycles. The monoisotopic (exact) mass is 433 g/mol. The van der Waals surface area contributed by atoms with Crippen LogP contribution in [0.4, 0.5) is 0 Å². The second-order valence-corrected chi connectivity index (χ2v) is 8.74. The summed E-state index contributed by atoms with van der Waals surface area (Å²) in [6.45, 7) is 6.77. The molecule has 168 valence electrons. The number of rotatable bonds is 8. The first kappa shape index (κ1) is 22.2. The molecule has 3 amide bonds. The number of hydrogen-bond acceptors (Lipinski definition) is 4. The number of benzene rings is 2. The second-order valence-electron chi connectivity index (χ2n) is 8.74. The molecule has 1 N–H and O–H groups in total. The van der Waals surface area contributed by atoms with Crippen molar-refractivity contribution in [1.82, 2.24) is 15.1 Å². The SMILES string of the molecule is CCCN(CCC)C1Cc2cc3c(cc2C1)C(=O)N(Cc1ccc(C(=O)NC)cc1)C3=O. The normalized spacial score (nSPS) is 15.4. The molecule has 0 atom stereocenters. The predicted molar refractivity (Wildman–Crippen MR) is 124 cm³/mol. The number of hydrogen-bond donors (Lipinski definition) is 1. The van der Waals surface area contributed by atoms with Gasteiger partial charge in [0.15, 0.2) is 0 Å². The number of fused-ring (bicyclic) bond motifs is 2. The Labute approximate surface area is 189 Å². The van der Waals surface area contributed by atoms with Crippen LogP contribution in [-0.2, 0) is 19.4 Å². The van der Waals surface area contributed by atoms with Crippen LogP contribution in [0.15, 0.2) is 36.4 Å². The van der Waals surface area contributed by atoms with Gasteiger partial charge in [0.25, 0.3) is 17.7 Å². The minimum atomic E-state index is -0.231. The zero-order valence-corrected chi connectivity index (χ0v) is 19.1. The minimum Gasteiger partial charge on any atom is -0.355 e. The number of carbonyl (C=O) groups excluding carboxylic acids is 3. The van der Waals surface area contributed by atoms with E-state index in [-0.39, 0.29) is 24.3 Å². The van der Waals surface area contributed by atoms with E-state index in [1.807, 2.05) is 12.1 Å². The van der Waals surface area contributed by atoms with Gasteiger partial charge in [-0.05, 0) is 79.7 Å². The Hall–Kier alpha value is -2.99. The zero-order chi connectivity index (χ0) is 22.8. The van der Waals surface area contributed by atoms with Crippen molar-refractivity contribution in [3.05, 3.63) is 69.8 Å². The van der Waals surface area contributed by atoms with Crippen LogP contribution >= 0.6 is 0 Å². The molecule has 2 aromatic carbocycles. The molecule has 1 heterocycles. The molecule has 1 aliphatic heterocycles. The van der Waals surface area contributed by atoms with Crippen LogP contribution in [0.2, 0.25) is 0 Å². The predicted octanol–water partition coefficient (Wildman–Crippen LogP) is 3.43. The molecule has 0 spiro atoms. The van der Waals surface area contributed by atoms with Crippen LogP contribution in [0.5, 0.6) is 0 Å². The van der Waals surface area contributed by atoms with E-state index >= 15 is 0 Å². The summed E-state index contributed by atoms with van der Waals surface area (Å²) < 4.78 is 0. The maximum Gasteiger partial charge on any atom is 0.261 e. The number of nitrogens with one attached hydrogen (secondary N) is 1. The van der Waals surface area contributed by atoms with Gasteiger partial charge in [-0.2, -0.15) is 0 Å². The largest absolute Gasteiger partial charge is 0.355 e. The fraction of sp³-hybridized carbons (Fsp3) is 0.423. The maximum absolute atomic E-state index is 13.1. The molecule has 4 rings (SSSR count). The van der Waals surface area contributed by atoms with Gasteiger partial charge in [0.05, 0.1) is 17.7 Å². The summed E-state index contributed by atoms with van der Waals surface area (Å²) >= 11 is 0. The summed E-state index contributed by atoms with van der Waals surface area (Å²) in [6, 6.07) is 11.3. The van der Waals surface area contributed by atoms with E-state index in [2.05, 4.69) is 24.1 Å². The standard InChI is InChI=1S/C26H31N3O3/c1-4-10-28(11-5-2)21-12-19-14-22-23(15-20(19)13-21)26(32)29(25(22)31)16-17-6-8-18(9-7-17)24(30)27-3/h6-9,14-15,21H,4-5,10-13,16H2,1-3H3,(H,27,30). The van der Waals surface area contributed by atoms with Gasteiger partial charge < -0.3 is 5.32 Å². The first-order valence-corrected chi connectivity index (χ1v) is 11.5. The van der Waals surface area contributed by atoms with Crippen LogP contribution in [0.1, 0.15) is 74.5 Å². The summed E-state index contributed by atoms with van der Waals surface area (Å²) in [5.74, 6) is -0.627. The fourth-order valence-electron chi connectivity index (χ4n) is 4.93. The average molecular weight is 434 g/mol. The second kappa shape index (κ2) is 9.25. The molecule has 32 heavy (non-hydrogen) atoms. The Morgan fingerprint density at radius 3 is 1.97 bits per heavy atom. The van der Waals surface area contributed by atoms with Gasteiger partial charge in [0.1, 0.15) is 0 Å². The van der Waals surface area contributed by atoms with Gasteiger partial charge >= 0.3 is 0 Å². The lowest BCUT2D eigenvalue weighted by atomic mass is 10.0. The molecule has 0 aromatic heterocycles. The highest BCUT2D eigenvalue weighted by Crippen LogP contribution is 2.33. The zero-order valence-electron chi connectivity index (χ0n) is 19.1. The van der Waals surface area contributed by atoms with Gasteiger partial charge in [-0.25, -0.2) is 0 Å². The average Bonchev–Trinajstić information content (AvgIpc) is 3.32. The Kier molecular flexibility index (Phi) is 6.42. The summed E-state index contributed by atoms with van der Waals surface area (Å²) in [5, 5.41) is 2.58. The van der Waals surface area contributed by atoms with Crippen molar-refractivity contribution in [1.29, 1.82) is 0 Å². The van der Waals surface area contributed by atoms with E-state index in [0.29, 0.717) is 22.7 Å². The van der Waals surface area contributed by atoms with Crippen molar-refractivity contribution in [3.8, 4) is 0 Å². The summed E-state index contributed by atoms with van der Waals surface area (Å²) in [4.78, 5) is 41.8. The lowest BCUT2D eigenvalue weighted by Crippen LogP contribution is -2.37. The topological polar surface area (TPSA) is 69.7 Å². The Morgan fingerprint density at radius 1 is 0.969 bits per heavy atom. The van der Waals surface area contributed by atoms with Gasteiger partial charge in [-0.15, -0.1) is 0 Å². The highest BCUT2D eigenvalue weighted by Gasteiger charge is 2.38. The van der Waals surface area contributed by atoms with Crippen molar-refractivity contribution >= 4 is 17.7 Å². The Balaban J connectivity index is 1.51. The van der Waals surface area contributed by atoms with Gasteiger partial charge in [0, 0.05) is 18.7 Å². The van der Waals surface area contributed by atoms with Crippen molar-refractivity contribution in [2.24, 2.45) is 0 Å². The first-order valence-electron chi connectivity index (χ1n) is 11.5. The molecular weight excluding hydrogens is 402 g/mol. The maximum atomic E-state index is 13.1. The van der Waals surface area contributed by atoms with Crippen LogP contribution < -0.4 is 5.32 Å². The quantitative estimate of drug-likeness (QED) is 0.648. The van der Waals surface area contributed by atoms with Crippen molar-refractivity contribution in [2.75, 3.05) is 20.1 Å². The third kappa shape index (κ3) is 4.07. The van der Waals surface area contributed by atoms with E-state index in [1.165, 1.54) is 16.0 Å². The lowest BCUT2D eigenvalue weighted by molar-refractivity contribution is 0.0641. The smallest absolute Gasteiger partial charge is 0.261 e. The Bertz CT molecular complexity index is 994. The van der Waals surface area contributed by atoms with E-state index in [4.69, 9.17) is 0 Å². The van der Waals surface area contributed by atoms with Gasteiger partial charge in [-0.1, -0.05) is 26.0 Å². The fourth-order valence-corrected chi connectivity index (χ4v) is 4.93. The Morgan fingerprint density at radius 2 is 1.50 bits per heavy atom. The molecule has 0 fully saturated rings. The molecular formula is C26H31N3O3. The molecule has 1 aliphatic carbocycles. The van der Waals surface area contributed by atoms with Gasteiger partial charge in [-0.3, -0.25) is 24.2 Å².